The number of likely N-dealkylation sites (tertiary alicyclic amines) is 1. The molecule has 0 radical (unpaired) electrons. The molecule has 1 aromatic carbocycles. The van der Waals surface area contributed by atoms with Crippen LogP contribution in [0.5, 0.6) is 5.75 Å². The van der Waals surface area contributed by atoms with E-state index in [2.05, 4.69) is 17.5 Å². The van der Waals surface area contributed by atoms with E-state index in [1.54, 1.807) is 0 Å². The lowest BCUT2D eigenvalue weighted by atomic mass is 9.69. The normalized spacial score (nSPS) is 28.4. The number of benzene rings is 1. The molecule has 1 saturated heterocycles. The predicted molar refractivity (Wildman–Crippen MR) is 115 cm³/mol. The van der Waals surface area contributed by atoms with Gasteiger partial charge in [-0.3, -0.25) is 9.59 Å². The Morgan fingerprint density at radius 2 is 1.73 bits per heavy atom. The molecule has 3 atom stereocenters. The smallest absolute Gasteiger partial charge is 0.251 e. The van der Waals surface area contributed by atoms with E-state index >= 15 is 0 Å². The summed E-state index contributed by atoms with van der Waals surface area (Å²) in [5.74, 6) is 3.36. The third-order valence-corrected chi connectivity index (χ3v) is 7.34. The van der Waals surface area contributed by atoms with Crippen LogP contribution in [0.2, 0.25) is 0 Å². The largest absolute Gasteiger partial charge is 0.490 e. The lowest BCUT2D eigenvalue weighted by Gasteiger charge is -2.38. The van der Waals surface area contributed by atoms with Gasteiger partial charge in [-0.1, -0.05) is 12.2 Å². The zero-order valence-corrected chi connectivity index (χ0v) is 17.6. The van der Waals surface area contributed by atoms with E-state index < -0.39 is 0 Å². The highest BCUT2D eigenvalue weighted by Crippen LogP contribution is 2.40. The molecule has 2 amide bonds. The maximum atomic E-state index is 12.5. The third-order valence-electron chi connectivity index (χ3n) is 7.34. The number of carbonyl (C=O) groups is 2. The molecule has 1 heterocycles. The van der Waals surface area contributed by atoms with Gasteiger partial charge in [-0.25, -0.2) is 0 Å². The fourth-order valence-corrected chi connectivity index (χ4v) is 5.27. The summed E-state index contributed by atoms with van der Waals surface area (Å²) in [7, 11) is 0. The highest BCUT2D eigenvalue weighted by atomic mass is 16.5. The molecule has 3 fully saturated rings. The number of fused-ring (bicyclic) bond motifs is 2. The number of allylic oxidation sites excluding steroid dienone is 2. The molecule has 0 aromatic heterocycles. The summed E-state index contributed by atoms with van der Waals surface area (Å²) >= 11 is 0. The number of carbonyl (C=O) groups excluding carboxylic acids is 2. The second-order valence-electron chi connectivity index (χ2n) is 9.53. The Kier molecular flexibility index (Phi) is 5.53. The van der Waals surface area contributed by atoms with E-state index in [1.165, 1.54) is 19.3 Å². The van der Waals surface area contributed by atoms with Crippen LogP contribution < -0.4 is 10.1 Å². The lowest BCUT2D eigenvalue weighted by Crippen LogP contribution is -2.42. The zero-order chi connectivity index (χ0) is 20.5. The van der Waals surface area contributed by atoms with E-state index in [-0.39, 0.29) is 12.0 Å². The van der Waals surface area contributed by atoms with Gasteiger partial charge in [0.2, 0.25) is 5.91 Å². The van der Waals surface area contributed by atoms with Crippen molar-refractivity contribution in [1.82, 2.24) is 10.2 Å². The molecule has 6 rings (SSSR count). The standard InChI is InChI=1S/C25H32N2O3/c28-24(26-16-21-15-17-1-3-18(21)4-2-17)19-7-9-22(10-8-19)30-23-11-13-27(14-12-23)25(29)20-5-6-20/h1,3,7-10,17-18,20-21,23H,2,4-6,11-16H2,(H,26,28). The molecule has 30 heavy (non-hydrogen) atoms. The Morgan fingerprint density at radius 3 is 2.33 bits per heavy atom. The highest BCUT2D eigenvalue weighted by molar-refractivity contribution is 5.94. The second kappa shape index (κ2) is 8.44. The number of hydrogen-bond acceptors (Lipinski definition) is 3. The maximum absolute atomic E-state index is 12.5. The van der Waals surface area contributed by atoms with Crippen molar-refractivity contribution in [1.29, 1.82) is 0 Å². The quantitative estimate of drug-likeness (QED) is 0.729. The number of ether oxygens (including phenoxy) is 1. The van der Waals surface area contributed by atoms with Gasteiger partial charge in [0.25, 0.3) is 5.91 Å². The van der Waals surface area contributed by atoms with Crippen molar-refractivity contribution in [2.75, 3.05) is 19.6 Å². The Hall–Kier alpha value is -2.30. The Morgan fingerprint density at radius 1 is 0.967 bits per heavy atom. The van der Waals surface area contributed by atoms with E-state index in [1.807, 2.05) is 29.2 Å². The molecule has 1 aliphatic heterocycles. The number of piperidine rings is 1. The van der Waals surface area contributed by atoms with Crippen molar-refractivity contribution < 1.29 is 14.3 Å². The van der Waals surface area contributed by atoms with Crippen LogP contribution in [-0.2, 0) is 4.79 Å². The summed E-state index contributed by atoms with van der Waals surface area (Å²) in [6, 6.07) is 7.48. The van der Waals surface area contributed by atoms with Crippen LogP contribution in [0.4, 0.5) is 0 Å². The summed E-state index contributed by atoms with van der Waals surface area (Å²) in [6.07, 6.45) is 12.5. The topological polar surface area (TPSA) is 58.6 Å². The second-order valence-corrected chi connectivity index (χ2v) is 9.53. The van der Waals surface area contributed by atoms with Gasteiger partial charge in [0, 0.05) is 44.0 Å². The van der Waals surface area contributed by atoms with Crippen LogP contribution in [-0.4, -0.2) is 42.5 Å². The monoisotopic (exact) mass is 408 g/mol. The highest BCUT2D eigenvalue weighted by Gasteiger charge is 2.35. The van der Waals surface area contributed by atoms with E-state index in [0.29, 0.717) is 35.1 Å². The Labute approximate surface area is 178 Å². The zero-order valence-electron chi connectivity index (χ0n) is 17.6. The van der Waals surface area contributed by atoms with Gasteiger partial charge in [-0.15, -0.1) is 0 Å². The minimum Gasteiger partial charge on any atom is -0.490 e. The predicted octanol–water partition coefficient (Wildman–Crippen LogP) is 3.80. The Balaban J connectivity index is 1.07. The van der Waals surface area contributed by atoms with E-state index in [0.717, 1.165) is 51.1 Å². The molecule has 1 N–H and O–H groups in total. The average molecular weight is 409 g/mol. The SMILES string of the molecule is O=C(NCC1CC2C=CC1CC2)c1ccc(OC2CCN(C(=O)C3CC3)CC2)cc1. The van der Waals surface area contributed by atoms with Gasteiger partial charge in [0.1, 0.15) is 11.9 Å². The molecule has 5 heteroatoms. The first-order valence-corrected chi connectivity index (χ1v) is 11.7. The summed E-state index contributed by atoms with van der Waals surface area (Å²) in [4.78, 5) is 26.7. The number of amides is 2. The summed E-state index contributed by atoms with van der Waals surface area (Å²) in [5.41, 5.74) is 0.684. The van der Waals surface area contributed by atoms with Crippen LogP contribution in [0.1, 0.15) is 55.3 Å². The van der Waals surface area contributed by atoms with Crippen LogP contribution in [0.15, 0.2) is 36.4 Å². The number of rotatable bonds is 6. The number of hydrogen-bond donors (Lipinski definition) is 1. The minimum absolute atomic E-state index is 0.00104. The van der Waals surface area contributed by atoms with Crippen LogP contribution in [0, 0.1) is 23.7 Å². The summed E-state index contributed by atoms with van der Waals surface area (Å²) in [5, 5.41) is 3.13. The summed E-state index contributed by atoms with van der Waals surface area (Å²) in [6.45, 7) is 2.35. The average Bonchev–Trinajstić information content (AvgIpc) is 3.64. The minimum atomic E-state index is -0.00104. The van der Waals surface area contributed by atoms with Crippen LogP contribution in [0.25, 0.3) is 0 Å². The molecule has 2 bridgehead atoms. The molecule has 4 aliphatic carbocycles. The van der Waals surface area contributed by atoms with Crippen molar-refractivity contribution in [3.8, 4) is 5.75 Å². The Bertz CT molecular complexity index is 806. The van der Waals surface area contributed by atoms with Crippen molar-refractivity contribution in [2.45, 2.75) is 51.0 Å². The van der Waals surface area contributed by atoms with E-state index in [9.17, 15) is 9.59 Å². The molecule has 160 valence electrons. The van der Waals surface area contributed by atoms with Crippen LogP contribution >= 0.6 is 0 Å². The molecule has 0 spiro atoms. The molecule has 3 unspecified atom stereocenters. The fourth-order valence-electron chi connectivity index (χ4n) is 5.27. The molecule has 5 aliphatic rings. The summed E-state index contributed by atoms with van der Waals surface area (Å²) < 4.78 is 6.11. The first kappa shape index (κ1) is 19.7. The number of nitrogens with zero attached hydrogens (tertiary/aromatic N) is 1. The molecular weight excluding hydrogens is 376 g/mol. The lowest BCUT2D eigenvalue weighted by molar-refractivity contribution is -0.134. The van der Waals surface area contributed by atoms with Crippen molar-refractivity contribution >= 4 is 11.8 Å². The fraction of sp³-hybridized carbons (Fsp3) is 0.600. The molecule has 1 aromatic rings. The van der Waals surface area contributed by atoms with Gasteiger partial charge in [-0.05, 0) is 74.1 Å². The van der Waals surface area contributed by atoms with Gasteiger partial charge < -0.3 is 15.0 Å². The maximum Gasteiger partial charge on any atom is 0.251 e. The van der Waals surface area contributed by atoms with Gasteiger partial charge in [0.05, 0.1) is 0 Å². The molecule has 5 nitrogen and oxygen atoms in total. The molecule has 2 saturated carbocycles. The first-order chi connectivity index (χ1) is 14.7. The van der Waals surface area contributed by atoms with Crippen molar-refractivity contribution in [2.24, 2.45) is 23.7 Å². The van der Waals surface area contributed by atoms with Gasteiger partial charge in [0.15, 0.2) is 0 Å². The van der Waals surface area contributed by atoms with Crippen molar-refractivity contribution in [3.05, 3.63) is 42.0 Å². The number of nitrogens with one attached hydrogen (secondary N) is 1. The van der Waals surface area contributed by atoms with E-state index in [4.69, 9.17) is 4.74 Å². The van der Waals surface area contributed by atoms with Crippen LogP contribution in [0.3, 0.4) is 0 Å². The molecular formula is C25H32N2O3. The first-order valence-electron chi connectivity index (χ1n) is 11.7. The van der Waals surface area contributed by atoms with Gasteiger partial charge in [-0.2, -0.15) is 0 Å². The third kappa shape index (κ3) is 4.40. The van der Waals surface area contributed by atoms with Gasteiger partial charge >= 0.3 is 0 Å². The van der Waals surface area contributed by atoms with Crippen molar-refractivity contribution in [3.63, 3.8) is 0 Å².